The Morgan fingerprint density at radius 1 is 1.62 bits per heavy atom. The largest absolute Gasteiger partial charge is 0.448 e. The number of primary amides is 1. The van der Waals surface area contributed by atoms with Crippen LogP contribution < -0.4 is 11.1 Å². The zero-order chi connectivity index (χ0) is 9.84. The monoisotopic (exact) mass is 187 g/mol. The summed E-state index contributed by atoms with van der Waals surface area (Å²) in [6, 6.07) is -0.474. The first-order chi connectivity index (χ1) is 6.09. The van der Waals surface area contributed by atoms with Gasteiger partial charge >= 0.3 is 12.1 Å². The van der Waals surface area contributed by atoms with Crippen LogP contribution in [0.2, 0.25) is 0 Å². The van der Waals surface area contributed by atoms with E-state index in [1.54, 1.807) is 0 Å². The lowest BCUT2D eigenvalue weighted by molar-refractivity contribution is -0.118. The van der Waals surface area contributed by atoms with Crippen LogP contribution in [0.3, 0.4) is 0 Å². The van der Waals surface area contributed by atoms with Gasteiger partial charge in [-0.15, -0.1) is 0 Å². The van der Waals surface area contributed by atoms with Gasteiger partial charge in [0, 0.05) is 0 Å². The normalized spacial score (nSPS) is 15.8. The molecular weight excluding hydrogens is 178 g/mol. The van der Waals surface area contributed by atoms with Crippen LogP contribution in [0.1, 0.15) is 0 Å². The van der Waals surface area contributed by atoms with Crippen molar-refractivity contribution in [3.8, 4) is 0 Å². The van der Waals surface area contributed by atoms with E-state index in [1.807, 2.05) is 0 Å². The molecule has 0 atom stereocenters. The summed E-state index contributed by atoms with van der Waals surface area (Å²) in [5.41, 5.74) is 4.69. The van der Waals surface area contributed by atoms with Gasteiger partial charge in [0.1, 0.15) is 13.2 Å². The molecule has 1 saturated heterocycles. The van der Waals surface area contributed by atoms with Crippen LogP contribution in [-0.4, -0.2) is 42.6 Å². The van der Waals surface area contributed by atoms with E-state index in [2.05, 4.69) is 10.1 Å². The van der Waals surface area contributed by atoms with Crippen molar-refractivity contribution in [3.05, 3.63) is 0 Å². The fourth-order valence-corrected chi connectivity index (χ4v) is 0.920. The van der Waals surface area contributed by atoms with Gasteiger partial charge in [0.25, 0.3) is 0 Å². The molecule has 1 aliphatic rings. The minimum absolute atomic E-state index is 0.000948. The molecule has 1 heterocycles. The van der Waals surface area contributed by atoms with E-state index in [-0.39, 0.29) is 25.6 Å². The number of nitrogens with one attached hydrogen (secondary N) is 1. The number of carbonyl (C=O) groups is 3. The molecule has 0 unspecified atom stereocenters. The van der Waals surface area contributed by atoms with E-state index in [4.69, 9.17) is 5.73 Å². The Morgan fingerprint density at radius 3 is 2.77 bits per heavy atom. The summed E-state index contributed by atoms with van der Waals surface area (Å²) in [7, 11) is 0. The maximum atomic E-state index is 10.9. The van der Waals surface area contributed by atoms with Gasteiger partial charge in [0.2, 0.25) is 5.91 Å². The molecule has 0 aliphatic carbocycles. The molecule has 1 aliphatic heterocycles. The number of rotatable bonds is 3. The Balaban J connectivity index is 2.26. The van der Waals surface area contributed by atoms with Gasteiger partial charge in [-0.25, -0.2) is 9.59 Å². The molecule has 1 fully saturated rings. The Labute approximate surface area is 73.8 Å². The van der Waals surface area contributed by atoms with Gasteiger partial charge in [0.05, 0.1) is 6.54 Å². The Kier molecular flexibility index (Phi) is 2.68. The Morgan fingerprint density at radius 2 is 2.31 bits per heavy atom. The van der Waals surface area contributed by atoms with Gasteiger partial charge in [0.15, 0.2) is 0 Å². The van der Waals surface area contributed by atoms with Crippen molar-refractivity contribution in [3.63, 3.8) is 0 Å². The second kappa shape index (κ2) is 3.74. The quantitative estimate of drug-likeness (QED) is 0.532. The summed E-state index contributed by atoms with van der Waals surface area (Å²) in [4.78, 5) is 32.9. The fourth-order valence-electron chi connectivity index (χ4n) is 0.920. The third-order valence-corrected chi connectivity index (χ3v) is 1.47. The van der Waals surface area contributed by atoms with Crippen LogP contribution in [0.5, 0.6) is 0 Å². The highest BCUT2D eigenvalue weighted by Crippen LogP contribution is 1.96. The Hall–Kier alpha value is -1.79. The highest BCUT2D eigenvalue weighted by Gasteiger charge is 2.25. The molecule has 0 aromatic rings. The second-order valence-electron chi connectivity index (χ2n) is 2.44. The number of amides is 4. The number of imide groups is 1. The summed E-state index contributed by atoms with van der Waals surface area (Å²) >= 11 is 0. The summed E-state index contributed by atoms with van der Waals surface area (Å²) in [5.74, 6) is -0.357. The molecule has 0 aromatic heterocycles. The maximum Gasteiger partial charge on any atom is 0.404 e. The lowest BCUT2D eigenvalue weighted by atomic mass is 10.5. The summed E-state index contributed by atoms with van der Waals surface area (Å²) in [5, 5.41) is 2.08. The van der Waals surface area contributed by atoms with E-state index >= 15 is 0 Å². The van der Waals surface area contributed by atoms with E-state index < -0.39 is 12.1 Å². The molecule has 0 saturated carbocycles. The molecule has 0 radical (unpaired) electrons. The first kappa shape index (κ1) is 9.30. The lowest BCUT2D eigenvalue weighted by Crippen LogP contribution is -2.32. The van der Waals surface area contributed by atoms with Gasteiger partial charge in [-0.3, -0.25) is 10.1 Å². The number of nitrogens with zero attached hydrogens (tertiary/aromatic N) is 1. The second-order valence-corrected chi connectivity index (χ2v) is 2.44. The van der Waals surface area contributed by atoms with E-state index in [1.165, 1.54) is 4.90 Å². The predicted molar refractivity (Wildman–Crippen MR) is 40.6 cm³/mol. The molecular formula is C6H9N3O4. The molecule has 0 aromatic carbocycles. The molecule has 3 N–H and O–H groups in total. The van der Waals surface area contributed by atoms with Crippen molar-refractivity contribution >= 4 is 18.0 Å². The molecule has 0 spiro atoms. The topological polar surface area (TPSA) is 102 Å². The number of ether oxygens (including phenoxy) is 1. The molecule has 13 heavy (non-hydrogen) atoms. The average Bonchev–Trinajstić information content (AvgIpc) is 2.29. The van der Waals surface area contributed by atoms with Crippen molar-refractivity contribution in [2.75, 3.05) is 19.7 Å². The van der Waals surface area contributed by atoms with Crippen molar-refractivity contribution in [2.45, 2.75) is 0 Å². The summed E-state index contributed by atoms with van der Waals surface area (Å²) in [6.45, 7) is 0.164. The highest BCUT2D eigenvalue weighted by molar-refractivity contribution is 6.01. The minimum Gasteiger partial charge on any atom is -0.448 e. The molecule has 7 nitrogen and oxygen atoms in total. The first-order valence-corrected chi connectivity index (χ1v) is 3.60. The van der Waals surface area contributed by atoms with Gasteiger partial charge in [-0.1, -0.05) is 0 Å². The van der Waals surface area contributed by atoms with E-state index in [0.717, 1.165) is 0 Å². The number of hydrogen-bond donors (Lipinski definition) is 2. The predicted octanol–water partition coefficient (Wildman–Crippen LogP) is -1.37. The molecule has 72 valence electrons. The highest BCUT2D eigenvalue weighted by atomic mass is 16.5. The number of nitrogens with two attached hydrogens (primary N) is 1. The van der Waals surface area contributed by atoms with Crippen LogP contribution in [-0.2, 0) is 9.53 Å². The number of hydrogen-bond acceptors (Lipinski definition) is 4. The maximum absolute atomic E-state index is 10.9. The molecule has 4 amide bonds. The third kappa shape index (κ3) is 2.62. The molecule has 7 heteroatoms. The lowest BCUT2D eigenvalue weighted by Gasteiger charge is -2.11. The van der Waals surface area contributed by atoms with Gasteiger partial charge in [-0.2, -0.15) is 0 Å². The fraction of sp³-hybridized carbons (Fsp3) is 0.500. The summed E-state index contributed by atoms with van der Waals surface area (Å²) in [6.07, 6.45) is -0.897. The smallest absolute Gasteiger partial charge is 0.404 e. The van der Waals surface area contributed by atoms with E-state index in [0.29, 0.717) is 0 Å². The van der Waals surface area contributed by atoms with Crippen LogP contribution in [0.15, 0.2) is 0 Å². The first-order valence-electron chi connectivity index (χ1n) is 3.60. The number of carbonyl (C=O) groups excluding carboxylic acids is 3. The van der Waals surface area contributed by atoms with Crippen LogP contribution in [0.4, 0.5) is 9.59 Å². The standard InChI is InChI=1S/C6H9N3O4/c7-5(11)13-2-1-9-3-4(10)8-6(9)12/h1-3H2,(H2,7,11)(H,8,10,12). The van der Waals surface area contributed by atoms with Crippen molar-refractivity contribution in [1.82, 2.24) is 10.2 Å². The average molecular weight is 187 g/mol. The van der Waals surface area contributed by atoms with E-state index in [9.17, 15) is 14.4 Å². The van der Waals surface area contributed by atoms with Crippen LogP contribution in [0, 0.1) is 0 Å². The van der Waals surface area contributed by atoms with Gasteiger partial charge < -0.3 is 15.4 Å². The van der Waals surface area contributed by atoms with Crippen molar-refractivity contribution in [1.29, 1.82) is 0 Å². The zero-order valence-electron chi connectivity index (χ0n) is 6.78. The number of urea groups is 1. The SMILES string of the molecule is NC(=O)OCCN1CC(=O)NC1=O. The van der Waals surface area contributed by atoms with Gasteiger partial charge in [-0.05, 0) is 0 Å². The van der Waals surface area contributed by atoms with Crippen molar-refractivity contribution < 1.29 is 19.1 Å². The minimum atomic E-state index is -0.897. The molecule has 1 rings (SSSR count). The summed E-state index contributed by atoms with van der Waals surface area (Å²) < 4.78 is 4.39. The molecule has 0 bridgehead atoms. The third-order valence-electron chi connectivity index (χ3n) is 1.47. The Bertz CT molecular complexity index is 252. The van der Waals surface area contributed by atoms with Crippen LogP contribution >= 0.6 is 0 Å². The van der Waals surface area contributed by atoms with Crippen molar-refractivity contribution in [2.24, 2.45) is 5.73 Å². The zero-order valence-corrected chi connectivity index (χ0v) is 6.78. The van der Waals surface area contributed by atoms with Crippen LogP contribution in [0.25, 0.3) is 0 Å².